The van der Waals surface area contributed by atoms with Gasteiger partial charge in [-0.3, -0.25) is 4.79 Å². The first-order valence-electron chi connectivity index (χ1n) is 8.48. The van der Waals surface area contributed by atoms with E-state index >= 15 is 0 Å². The van der Waals surface area contributed by atoms with E-state index in [1.807, 2.05) is 24.3 Å². The van der Waals surface area contributed by atoms with Crippen molar-refractivity contribution in [1.82, 2.24) is 0 Å². The molecular weight excluding hydrogens is 290 g/mol. The zero-order chi connectivity index (χ0) is 16.7. The van der Waals surface area contributed by atoms with E-state index in [1.54, 1.807) is 11.8 Å². The van der Waals surface area contributed by atoms with E-state index in [2.05, 4.69) is 6.92 Å². The molecule has 0 radical (unpaired) electrons. The number of hydrogen-bond acceptors (Lipinski definition) is 3. The summed E-state index contributed by atoms with van der Waals surface area (Å²) in [4.78, 5) is 26.2. The molecule has 0 spiro atoms. The van der Waals surface area contributed by atoms with Crippen molar-refractivity contribution in [2.24, 2.45) is 0 Å². The molecular formula is C19H25NO3. The van der Waals surface area contributed by atoms with Crippen LogP contribution in [0.3, 0.4) is 0 Å². The third-order valence-corrected chi connectivity index (χ3v) is 3.99. The first-order valence-corrected chi connectivity index (χ1v) is 8.48. The Morgan fingerprint density at radius 1 is 1.13 bits per heavy atom. The Morgan fingerprint density at radius 3 is 2.61 bits per heavy atom. The topological polar surface area (TPSA) is 46.6 Å². The Morgan fingerprint density at radius 2 is 1.87 bits per heavy atom. The van der Waals surface area contributed by atoms with Crippen LogP contribution >= 0.6 is 0 Å². The number of nitrogens with zero attached hydrogens (tertiary/aromatic N) is 1. The van der Waals surface area contributed by atoms with Crippen LogP contribution in [0.5, 0.6) is 0 Å². The molecule has 0 atom stereocenters. The predicted octanol–water partition coefficient (Wildman–Crippen LogP) is 3.95. The molecule has 0 saturated carbocycles. The van der Waals surface area contributed by atoms with Gasteiger partial charge < -0.3 is 9.64 Å². The van der Waals surface area contributed by atoms with Crippen molar-refractivity contribution in [3.8, 4) is 0 Å². The molecule has 0 unspecified atom stereocenters. The van der Waals surface area contributed by atoms with E-state index in [4.69, 9.17) is 4.74 Å². The van der Waals surface area contributed by atoms with E-state index in [0.717, 1.165) is 24.1 Å². The lowest BCUT2D eigenvalue weighted by molar-refractivity contribution is -0.137. The molecule has 0 fully saturated rings. The maximum atomic E-state index is 12.7. The van der Waals surface area contributed by atoms with Crippen molar-refractivity contribution in [3.63, 3.8) is 0 Å². The average molecular weight is 315 g/mol. The molecule has 124 valence electrons. The SMILES string of the molecule is CCCCCCCN1C(=O)/C(=C/C(=O)OCC)c2ccccc21. The highest BCUT2D eigenvalue weighted by Crippen LogP contribution is 2.36. The molecule has 1 aliphatic heterocycles. The fraction of sp³-hybridized carbons (Fsp3) is 0.474. The van der Waals surface area contributed by atoms with Gasteiger partial charge >= 0.3 is 5.97 Å². The zero-order valence-electron chi connectivity index (χ0n) is 14.0. The lowest BCUT2D eigenvalue weighted by Gasteiger charge is -2.16. The largest absolute Gasteiger partial charge is 0.463 e. The number of benzene rings is 1. The number of hydrogen-bond donors (Lipinski definition) is 0. The van der Waals surface area contributed by atoms with Crippen molar-refractivity contribution in [1.29, 1.82) is 0 Å². The Bertz CT molecular complexity index is 592. The van der Waals surface area contributed by atoms with Gasteiger partial charge in [-0.25, -0.2) is 4.79 Å². The van der Waals surface area contributed by atoms with E-state index in [9.17, 15) is 9.59 Å². The van der Waals surface area contributed by atoms with Crippen molar-refractivity contribution >= 4 is 23.1 Å². The molecule has 1 aliphatic rings. The molecule has 0 bridgehead atoms. The predicted molar refractivity (Wildman–Crippen MR) is 92.2 cm³/mol. The van der Waals surface area contributed by atoms with Gasteiger partial charge in [0.15, 0.2) is 0 Å². The molecule has 0 N–H and O–H groups in total. The number of fused-ring (bicyclic) bond motifs is 1. The summed E-state index contributed by atoms with van der Waals surface area (Å²) in [5.41, 5.74) is 2.15. The number of anilines is 1. The highest BCUT2D eigenvalue weighted by Gasteiger charge is 2.32. The van der Waals surface area contributed by atoms with Crippen molar-refractivity contribution in [2.75, 3.05) is 18.1 Å². The van der Waals surface area contributed by atoms with E-state index in [1.165, 1.54) is 25.3 Å². The van der Waals surface area contributed by atoms with Crippen LogP contribution in [0, 0.1) is 0 Å². The van der Waals surface area contributed by atoms with Crippen LogP contribution in [0.1, 0.15) is 51.5 Å². The van der Waals surface area contributed by atoms with Gasteiger partial charge in [0, 0.05) is 18.2 Å². The van der Waals surface area contributed by atoms with Gasteiger partial charge in [0.05, 0.1) is 17.9 Å². The van der Waals surface area contributed by atoms with E-state index in [0.29, 0.717) is 18.7 Å². The number of para-hydroxylation sites is 1. The normalized spacial score (nSPS) is 15.1. The van der Waals surface area contributed by atoms with Crippen LogP contribution in [-0.4, -0.2) is 25.0 Å². The smallest absolute Gasteiger partial charge is 0.331 e. The summed E-state index contributed by atoms with van der Waals surface area (Å²) in [6, 6.07) is 7.63. The second-order valence-electron chi connectivity index (χ2n) is 5.70. The third kappa shape index (κ3) is 4.21. The summed E-state index contributed by atoms with van der Waals surface area (Å²) in [7, 11) is 0. The monoisotopic (exact) mass is 315 g/mol. The minimum absolute atomic E-state index is 0.102. The van der Waals surface area contributed by atoms with Crippen LogP contribution < -0.4 is 4.90 Å². The molecule has 23 heavy (non-hydrogen) atoms. The number of carbonyl (C=O) groups excluding carboxylic acids is 2. The lowest BCUT2D eigenvalue weighted by atomic mass is 10.1. The molecule has 1 amide bonds. The molecule has 1 aromatic rings. The average Bonchev–Trinajstić information content (AvgIpc) is 2.80. The van der Waals surface area contributed by atoms with Crippen molar-refractivity contribution in [3.05, 3.63) is 35.9 Å². The fourth-order valence-electron chi connectivity index (χ4n) is 2.84. The number of ether oxygens (including phenoxy) is 1. The maximum Gasteiger partial charge on any atom is 0.331 e. The number of carbonyl (C=O) groups is 2. The quantitative estimate of drug-likeness (QED) is 0.414. The summed E-state index contributed by atoms with van der Waals surface area (Å²) in [6.07, 6.45) is 7.06. The Balaban J connectivity index is 2.13. The van der Waals surface area contributed by atoms with E-state index in [-0.39, 0.29) is 5.91 Å². The third-order valence-electron chi connectivity index (χ3n) is 3.99. The molecule has 1 aromatic carbocycles. The summed E-state index contributed by atoms with van der Waals surface area (Å²) in [5.74, 6) is -0.565. The lowest BCUT2D eigenvalue weighted by Crippen LogP contribution is -2.27. The molecule has 2 rings (SSSR count). The highest BCUT2D eigenvalue weighted by molar-refractivity contribution is 6.34. The molecule has 1 heterocycles. The van der Waals surface area contributed by atoms with Gasteiger partial charge in [-0.2, -0.15) is 0 Å². The molecule has 0 saturated heterocycles. The number of amides is 1. The minimum Gasteiger partial charge on any atom is -0.463 e. The van der Waals surface area contributed by atoms with Gasteiger partial charge in [0.2, 0.25) is 0 Å². The van der Waals surface area contributed by atoms with Gasteiger partial charge in [-0.05, 0) is 19.4 Å². The van der Waals surface area contributed by atoms with Crippen LogP contribution in [-0.2, 0) is 14.3 Å². The van der Waals surface area contributed by atoms with Crippen LogP contribution in [0.2, 0.25) is 0 Å². The summed E-state index contributed by atoms with van der Waals surface area (Å²) < 4.78 is 4.94. The van der Waals surface area contributed by atoms with Crippen LogP contribution in [0.25, 0.3) is 5.57 Å². The Hall–Kier alpha value is -2.10. The fourth-order valence-corrected chi connectivity index (χ4v) is 2.84. The van der Waals surface area contributed by atoms with Crippen LogP contribution in [0.15, 0.2) is 30.3 Å². The zero-order valence-corrected chi connectivity index (χ0v) is 14.0. The Labute approximate surface area is 138 Å². The standard InChI is InChI=1S/C19H25NO3/c1-3-5-6-7-10-13-20-17-12-9-8-11-15(17)16(19(20)22)14-18(21)23-4-2/h8-9,11-12,14H,3-7,10,13H2,1-2H3/b16-14+. The van der Waals surface area contributed by atoms with Gasteiger partial charge in [0.1, 0.15) is 0 Å². The van der Waals surface area contributed by atoms with Crippen LogP contribution in [0.4, 0.5) is 5.69 Å². The summed E-state index contributed by atoms with van der Waals surface area (Å²) in [6.45, 7) is 4.94. The second-order valence-corrected chi connectivity index (χ2v) is 5.70. The first-order chi connectivity index (χ1) is 11.2. The van der Waals surface area contributed by atoms with Gasteiger partial charge in [-0.15, -0.1) is 0 Å². The molecule has 4 heteroatoms. The Kier molecular flexibility index (Phi) is 6.39. The van der Waals surface area contributed by atoms with Crippen molar-refractivity contribution in [2.45, 2.75) is 46.0 Å². The molecule has 0 aliphatic carbocycles. The maximum absolute atomic E-state index is 12.7. The van der Waals surface area contributed by atoms with Gasteiger partial charge in [-0.1, -0.05) is 50.8 Å². The van der Waals surface area contributed by atoms with Crippen molar-refractivity contribution < 1.29 is 14.3 Å². The summed E-state index contributed by atoms with van der Waals surface area (Å²) in [5, 5.41) is 0. The number of rotatable bonds is 8. The summed E-state index contributed by atoms with van der Waals surface area (Å²) >= 11 is 0. The first kappa shape index (κ1) is 17.3. The molecule has 4 nitrogen and oxygen atoms in total. The second kappa shape index (κ2) is 8.51. The van der Waals surface area contributed by atoms with Gasteiger partial charge in [0.25, 0.3) is 5.91 Å². The number of esters is 1. The number of unbranched alkanes of at least 4 members (excludes halogenated alkanes) is 4. The molecule has 0 aromatic heterocycles. The minimum atomic E-state index is -0.463. The van der Waals surface area contributed by atoms with E-state index < -0.39 is 5.97 Å². The highest BCUT2D eigenvalue weighted by atomic mass is 16.5.